The smallest absolute Gasteiger partial charge is 0.347 e. The number of rotatable bonds is 10. The van der Waals surface area contributed by atoms with Crippen LogP contribution in [0.5, 0.6) is 23.0 Å². The number of aromatic carboxylic acids is 1. The van der Waals surface area contributed by atoms with Crippen LogP contribution in [0.4, 0.5) is 0 Å². The van der Waals surface area contributed by atoms with Crippen molar-refractivity contribution < 1.29 is 43.2 Å². The predicted octanol–water partition coefficient (Wildman–Crippen LogP) is 5.54. The number of hydrogen-bond acceptors (Lipinski definition) is 8. The Kier molecular flexibility index (Phi) is 8.80. The molecule has 226 valence electrons. The third-order valence-electron chi connectivity index (χ3n) is 8.04. The number of ether oxygens (including phenoxy) is 4. The molecular weight excluding hydrogens is 554 g/mol. The second kappa shape index (κ2) is 12.2. The van der Waals surface area contributed by atoms with Gasteiger partial charge in [-0.25, -0.2) is 9.59 Å². The van der Waals surface area contributed by atoms with E-state index in [0.29, 0.717) is 56.7 Å². The Labute approximate surface area is 250 Å². The summed E-state index contributed by atoms with van der Waals surface area (Å²) in [5.74, 6) is -1.29. The fourth-order valence-corrected chi connectivity index (χ4v) is 5.57. The van der Waals surface area contributed by atoms with E-state index in [4.69, 9.17) is 18.9 Å². The molecule has 0 saturated heterocycles. The number of carbonyl (C=O) groups is 4. The van der Waals surface area contributed by atoms with Crippen LogP contribution in [0.25, 0.3) is 0 Å². The van der Waals surface area contributed by atoms with Crippen LogP contribution in [0.2, 0.25) is 0 Å². The molecule has 3 aromatic rings. The molecule has 4 rings (SSSR count). The van der Waals surface area contributed by atoms with E-state index in [1.165, 1.54) is 19.1 Å². The lowest BCUT2D eigenvalue weighted by Gasteiger charge is -2.22. The van der Waals surface area contributed by atoms with Gasteiger partial charge in [0.15, 0.2) is 0 Å². The van der Waals surface area contributed by atoms with Crippen LogP contribution in [0.15, 0.2) is 24.3 Å². The van der Waals surface area contributed by atoms with Gasteiger partial charge in [0.05, 0.1) is 32.0 Å². The molecule has 0 saturated carbocycles. The van der Waals surface area contributed by atoms with Crippen LogP contribution in [0.1, 0.15) is 81.2 Å². The minimum Gasteiger partial charge on any atom is -0.495 e. The molecule has 0 fully saturated rings. The maximum atomic E-state index is 13.7. The number of carboxylic acid groups (broad SMARTS) is 1. The Hall–Kier alpha value is -4.86. The van der Waals surface area contributed by atoms with Crippen molar-refractivity contribution in [2.75, 3.05) is 27.4 Å². The molecule has 1 aliphatic rings. The number of nitrogens with zero attached hydrogens (tertiary/aromatic N) is 1. The second-order valence-corrected chi connectivity index (χ2v) is 10.4. The minimum atomic E-state index is -1.14. The van der Waals surface area contributed by atoms with Gasteiger partial charge in [-0.2, -0.15) is 0 Å². The summed E-state index contributed by atoms with van der Waals surface area (Å²) < 4.78 is 23.1. The van der Waals surface area contributed by atoms with Gasteiger partial charge in [0, 0.05) is 17.7 Å². The first-order chi connectivity index (χ1) is 20.4. The molecule has 2 amide bonds. The molecule has 3 aromatic carbocycles. The summed E-state index contributed by atoms with van der Waals surface area (Å²) in [6.45, 7) is 10.7. The van der Waals surface area contributed by atoms with Crippen LogP contribution < -0.4 is 18.9 Å². The minimum absolute atomic E-state index is 0.0160. The molecule has 0 atom stereocenters. The summed E-state index contributed by atoms with van der Waals surface area (Å²) in [5.41, 5.74) is 4.24. The van der Waals surface area contributed by atoms with Crippen molar-refractivity contribution in [1.29, 1.82) is 0 Å². The monoisotopic (exact) mass is 589 g/mol. The fourth-order valence-electron chi connectivity index (χ4n) is 5.57. The van der Waals surface area contributed by atoms with Crippen LogP contribution in [-0.4, -0.2) is 61.1 Å². The maximum Gasteiger partial charge on any atom is 0.347 e. The van der Waals surface area contributed by atoms with Gasteiger partial charge in [0.1, 0.15) is 34.1 Å². The molecule has 0 unspecified atom stereocenters. The Balaban J connectivity index is 1.57. The number of amides is 2. The summed E-state index contributed by atoms with van der Waals surface area (Å²) in [6.07, 6.45) is 0.404. The summed E-state index contributed by atoms with van der Waals surface area (Å²) in [5, 5.41) is 9.71. The molecule has 10 nitrogen and oxygen atoms in total. The summed E-state index contributed by atoms with van der Waals surface area (Å²) >= 11 is 0. The molecule has 1 heterocycles. The first-order valence-electron chi connectivity index (χ1n) is 13.8. The molecule has 43 heavy (non-hydrogen) atoms. The third-order valence-corrected chi connectivity index (χ3v) is 8.04. The van der Waals surface area contributed by atoms with E-state index in [9.17, 15) is 24.3 Å². The van der Waals surface area contributed by atoms with E-state index in [1.54, 1.807) is 58.9 Å². The number of carboxylic acids is 1. The van der Waals surface area contributed by atoms with Crippen molar-refractivity contribution in [2.24, 2.45) is 0 Å². The lowest BCUT2D eigenvalue weighted by Crippen LogP contribution is -2.31. The largest absolute Gasteiger partial charge is 0.495 e. The third kappa shape index (κ3) is 5.29. The number of benzene rings is 3. The molecule has 0 bridgehead atoms. The van der Waals surface area contributed by atoms with Gasteiger partial charge in [-0.15, -0.1) is 0 Å². The Bertz CT molecular complexity index is 1640. The van der Waals surface area contributed by atoms with Gasteiger partial charge in [-0.3, -0.25) is 14.5 Å². The van der Waals surface area contributed by atoms with Crippen molar-refractivity contribution in [3.8, 4) is 23.0 Å². The van der Waals surface area contributed by atoms with Crippen LogP contribution in [-0.2, 0) is 0 Å². The van der Waals surface area contributed by atoms with Gasteiger partial charge >= 0.3 is 11.9 Å². The van der Waals surface area contributed by atoms with Crippen molar-refractivity contribution in [1.82, 2.24) is 4.90 Å². The highest BCUT2D eigenvalue weighted by molar-refractivity contribution is 6.21. The molecule has 10 heteroatoms. The highest BCUT2D eigenvalue weighted by Crippen LogP contribution is 2.41. The number of imide groups is 1. The maximum absolute atomic E-state index is 13.7. The van der Waals surface area contributed by atoms with E-state index >= 15 is 0 Å². The lowest BCUT2D eigenvalue weighted by molar-refractivity contribution is 0.0642. The standard InChI is InChI=1S/C33H35NO9/c1-16-19(4)27(21(6)28(40-7)24(16)32(37)38)43-33(39)25-17(2)18(3)26(20(5)29(25)41-8)42-15-11-14-34-30(35)22-12-9-10-13-23(22)31(34)36/h9-10,12-13H,11,14-15H2,1-8H3,(H,37,38). The molecule has 0 radical (unpaired) electrons. The van der Waals surface area contributed by atoms with Crippen LogP contribution in [0, 0.1) is 41.5 Å². The van der Waals surface area contributed by atoms with E-state index in [0.717, 1.165) is 0 Å². The van der Waals surface area contributed by atoms with Gasteiger partial charge in [0.25, 0.3) is 11.8 Å². The van der Waals surface area contributed by atoms with Crippen molar-refractivity contribution in [3.63, 3.8) is 0 Å². The molecule has 0 aromatic heterocycles. The average molecular weight is 590 g/mol. The first kappa shape index (κ1) is 31.1. The summed E-state index contributed by atoms with van der Waals surface area (Å²) in [6, 6.07) is 6.75. The SMILES string of the molecule is COc1c(C)c(OC(=O)c2c(C)c(C)c(OCCCN3C(=O)c4ccccc4C3=O)c(C)c2OC)c(C)c(C)c1C(=O)O. The number of esters is 1. The van der Waals surface area contributed by atoms with Gasteiger partial charge in [0.2, 0.25) is 0 Å². The number of hydrogen-bond donors (Lipinski definition) is 1. The lowest BCUT2D eigenvalue weighted by atomic mass is 9.96. The summed E-state index contributed by atoms with van der Waals surface area (Å²) in [4.78, 5) is 52.1. The number of carbonyl (C=O) groups excluding carboxylic acids is 3. The van der Waals surface area contributed by atoms with Crippen molar-refractivity contribution in [3.05, 3.63) is 79.9 Å². The molecule has 0 aliphatic carbocycles. The normalized spacial score (nSPS) is 12.3. The Morgan fingerprint density at radius 3 is 1.72 bits per heavy atom. The first-order valence-corrected chi connectivity index (χ1v) is 13.8. The van der Waals surface area contributed by atoms with Gasteiger partial charge in [-0.05, 0) is 82.3 Å². The predicted molar refractivity (Wildman–Crippen MR) is 158 cm³/mol. The topological polar surface area (TPSA) is 129 Å². The van der Waals surface area contributed by atoms with Crippen molar-refractivity contribution in [2.45, 2.75) is 48.0 Å². The zero-order valence-corrected chi connectivity index (χ0v) is 25.6. The molecular formula is C33H35NO9. The van der Waals surface area contributed by atoms with Gasteiger partial charge in [-0.1, -0.05) is 12.1 Å². The average Bonchev–Trinajstić information content (AvgIpc) is 3.22. The Morgan fingerprint density at radius 2 is 1.19 bits per heavy atom. The highest BCUT2D eigenvalue weighted by atomic mass is 16.5. The molecule has 1 N–H and O–H groups in total. The van der Waals surface area contributed by atoms with Gasteiger partial charge < -0.3 is 24.1 Å². The van der Waals surface area contributed by atoms with Crippen LogP contribution >= 0.6 is 0 Å². The van der Waals surface area contributed by atoms with Crippen LogP contribution in [0.3, 0.4) is 0 Å². The highest BCUT2D eigenvalue weighted by Gasteiger charge is 2.35. The van der Waals surface area contributed by atoms with E-state index < -0.39 is 11.9 Å². The van der Waals surface area contributed by atoms with E-state index in [2.05, 4.69) is 0 Å². The molecule has 1 aliphatic heterocycles. The zero-order chi connectivity index (χ0) is 31.7. The number of methoxy groups -OCH3 is 2. The van der Waals surface area contributed by atoms with E-state index in [1.807, 2.05) is 6.92 Å². The second-order valence-electron chi connectivity index (χ2n) is 10.4. The van der Waals surface area contributed by atoms with Crippen molar-refractivity contribution >= 4 is 23.8 Å². The fraction of sp³-hybridized carbons (Fsp3) is 0.333. The molecule has 0 spiro atoms. The Morgan fingerprint density at radius 1 is 0.698 bits per heavy atom. The number of fused-ring (bicyclic) bond motifs is 1. The van der Waals surface area contributed by atoms with E-state index in [-0.39, 0.29) is 53.3 Å². The zero-order valence-electron chi connectivity index (χ0n) is 25.6. The summed E-state index contributed by atoms with van der Waals surface area (Å²) in [7, 11) is 2.82. The quantitative estimate of drug-likeness (QED) is 0.140.